The lowest BCUT2D eigenvalue weighted by atomic mass is 10.2. The number of anilines is 1. The monoisotopic (exact) mass is 321 g/mol. The second-order valence-corrected chi connectivity index (χ2v) is 5.47. The molecule has 0 bridgehead atoms. The summed E-state index contributed by atoms with van der Waals surface area (Å²) in [5, 5.41) is 11.5. The Kier molecular flexibility index (Phi) is 3.19. The Morgan fingerprint density at radius 3 is 2.88 bits per heavy atom. The van der Waals surface area contributed by atoms with Gasteiger partial charge in [0.05, 0.1) is 0 Å². The standard InChI is InChI=1S/C17H12FN5O/c1-9-5-6-13-12(7-9)14-15(19-13)20-17(23-22-14)21-16(24)10-3-2-4-11(18)8-10/h2-8H,1H3,(H2,19,20,21,23,24). The normalized spacial score (nSPS) is 11.1. The third-order valence-corrected chi connectivity index (χ3v) is 3.68. The van der Waals surface area contributed by atoms with E-state index in [1.165, 1.54) is 18.2 Å². The number of hydrogen-bond acceptors (Lipinski definition) is 4. The lowest BCUT2D eigenvalue weighted by Crippen LogP contribution is -2.14. The predicted octanol–water partition coefficient (Wildman–Crippen LogP) is 3.21. The highest BCUT2D eigenvalue weighted by Gasteiger charge is 2.12. The zero-order valence-corrected chi connectivity index (χ0v) is 12.7. The van der Waals surface area contributed by atoms with Gasteiger partial charge in [-0.2, -0.15) is 4.98 Å². The first kappa shape index (κ1) is 14.3. The molecule has 2 N–H and O–H groups in total. The first-order valence-corrected chi connectivity index (χ1v) is 7.30. The number of carbonyl (C=O) groups excluding carboxylic acids is 1. The largest absolute Gasteiger partial charge is 0.338 e. The number of rotatable bonds is 2. The van der Waals surface area contributed by atoms with E-state index < -0.39 is 11.7 Å². The van der Waals surface area contributed by atoms with Crippen molar-refractivity contribution in [2.75, 3.05) is 5.32 Å². The van der Waals surface area contributed by atoms with Crippen LogP contribution in [0.1, 0.15) is 15.9 Å². The number of aryl methyl sites for hydroxylation is 1. The zero-order valence-electron chi connectivity index (χ0n) is 12.7. The summed E-state index contributed by atoms with van der Waals surface area (Å²) in [5.74, 6) is -0.925. The zero-order chi connectivity index (χ0) is 16.7. The number of halogens is 1. The SMILES string of the molecule is Cc1ccc2[nH]c3nc(NC(=O)c4cccc(F)c4)nnc3c2c1. The Morgan fingerprint density at radius 2 is 2.04 bits per heavy atom. The van der Waals surface area contributed by atoms with Crippen LogP contribution in [-0.2, 0) is 0 Å². The molecule has 0 radical (unpaired) electrons. The fourth-order valence-electron chi connectivity index (χ4n) is 2.54. The van der Waals surface area contributed by atoms with Gasteiger partial charge in [0.1, 0.15) is 11.3 Å². The van der Waals surface area contributed by atoms with Gasteiger partial charge in [0.15, 0.2) is 5.65 Å². The lowest BCUT2D eigenvalue weighted by molar-refractivity contribution is 0.102. The van der Waals surface area contributed by atoms with Gasteiger partial charge in [-0.05, 0) is 37.3 Å². The van der Waals surface area contributed by atoms with E-state index in [1.807, 2.05) is 25.1 Å². The predicted molar refractivity (Wildman–Crippen MR) is 88.3 cm³/mol. The molecule has 0 spiro atoms. The van der Waals surface area contributed by atoms with Gasteiger partial charge in [-0.25, -0.2) is 4.39 Å². The Hall–Kier alpha value is -3.35. The molecule has 1 amide bonds. The minimum absolute atomic E-state index is 0.0556. The molecule has 0 aliphatic heterocycles. The van der Waals surface area contributed by atoms with Gasteiger partial charge in [0, 0.05) is 16.5 Å². The van der Waals surface area contributed by atoms with Gasteiger partial charge < -0.3 is 4.98 Å². The van der Waals surface area contributed by atoms with Gasteiger partial charge in [-0.1, -0.05) is 17.7 Å². The molecule has 24 heavy (non-hydrogen) atoms. The van der Waals surface area contributed by atoms with Crippen LogP contribution >= 0.6 is 0 Å². The summed E-state index contributed by atoms with van der Waals surface area (Å²) in [6, 6.07) is 11.3. The first-order chi connectivity index (χ1) is 11.6. The Balaban J connectivity index is 1.70. The van der Waals surface area contributed by atoms with E-state index in [2.05, 4.69) is 25.5 Å². The van der Waals surface area contributed by atoms with Gasteiger partial charge in [0.25, 0.3) is 11.9 Å². The molecule has 0 aliphatic carbocycles. The van der Waals surface area contributed by atoms with Crippen molar-refractivity contribution in [2.24, 2.45) is 0 Å². The average molecular weight is 321 g/mol. The Morgan fingerprint density at radius 1 is 1.17 bits per heavy atom. The van der Waals surface area contributed by atoms with E-state index in [-0.39, 0.29) is 11.5 Å². The van der Waals surface area contributed by atoms with Gasteiger partial charge in [-0.3, -0.25) is 10.1 Å². The molecule has 6 nitrogen and oxygen atoms in total. The number of amides is 1. The van der Waals surface area contributed by atoms with Crippen molar-refractivity contribution in [1.29, 1.82) is 0 Å². The Bertz CT molecular complexity index is 1090. The van der Waals surface area contributed by atoms with Gasteiger partial charge >= 0.3 is 0 Å². The fraction of sp³-hybridized carbons (Fsp3) is 0.0588. The number of nitrogens with zero attached hydrogens (tertiary/aromatic N) is 3. The molecule has 0 fully saturated rings. The smallest absolute Gasteiger partial charge is 0.258 e. The van der Waals surface area contributed by atoms with Crippen molar-refractivity contribution < 1.29 is 9.18 Å². The van der Waals surface area contributed by atoms with Crippen LogP contribution in [0.4, 0.5) is 10.3 Å². The maximum Gasteiger partial charge on any atom is 0.258 e. The summed E-state index contributed by atoms with van der Waals surface area (Å²) in [6.07, 6.45) is 0. The van der Waals surface area contributed by atoms with Crippen molar-refractivity contribution in [1.82, 2.24) is 20.2 Å². The quantitative estimate of drug-likeness (QED) is 0.594. The minimum Gasteiger partial charge on any atom is -0.338 e. The number of fused-ring (bicyclic) bond motifs is 3. The molecule has 0 atom stereocenters. The molecule has 0 unspecified atom stereocenters. The molecule has 0 aliphatic rings. The van der Waals surface area contributed by atoms with Crippen LogP contribution < -0.4 is 5.32 Å². The molecule has 7 heteroatoms. The maximum absolute atomic E-state index is 13.2. The highest BCUT2D eigenvalue weighted by Crippen LogP contribution is 2.23. The minimum atomic E-state index is -0.498. The molecule has 2 heterocycles. The number of aromatic nitrogens is 4. The van der Waals surface area contributed by atoms with Crippen LogP contribution in [-0.4, -0.2) is 26.1 Å². The third-order valence-electron chi connectivity index (χ3n) is 3.68. The summed E-state index contributed by atoms with van der Waals surface area (Å²) in [5.41, 5.74) is 3.35. The summed E-state index contributed by atoms with van der Waals surface area (Å²) in [6.45, 7) is 1.99. The second-order valence-electron chi connectivity index (χ2n) is 5.47. The number of carbonyl (C=O) groups is 1. The molecule has 118 valence electrons. The van der Waals surface area contributed by atoms with E-state index in [9.17, 15) is 9.18 Å². The fourth-order valence-corrected chi connectivity index (χ4v) is 2.54. The van der Waals surface area contributed by atoms with Crippen LogP contribution in [0.5, 0.6) is 0 Å². The number of aromatic amines is 1. The molecule has 0 saturated carbocycles. The third kappa shape index (κ3) is 2.45. The summed E-state index contributed by atoms with van der Waals surface area (Å²) in [4.78, 5) is 19.5. The highest BCUT2D eigenvalue weighted by molar-refractivity contribution is 6.05. The number of H-pyrrole nitrogens is 1. The average Bonchev–Trinajstić information content (AvgIpc) is 2.92. The molecule has 0 saturated heterocycles. The summed E-state index contributed by atoms with van der Waals surface area (Å²) < 4.78 is 13.2. The van der Waals surface area contributed by atoms with Crippen LogP contribution in [0.3, 0.4) is 0 Å². The molecule has 4 rings (SSSR count). The van der Waals surface area contributed by atoms with Gasteiger partial charge in [-0.15, -0.1) is 10.2 Å². The van der Waals surface area contributed by atoms with Crippen molar-refractivity contribution in [2.45, 2.75) is 6.92 Å². The first-order valence-electron chi connectivity index (χ1n) is 7.30. The van der Waals surface area contributed by atoms with Crippen molar-refractivity contribution >= 4 is 33.9 Å². The van der Waals surface area contributed by atoms with Gasteiger partial charge in [0.2, 0.25) is 0 Å². The number of benzene rings is 2. The van der Waals surface area contributed by atoms with Crippen LogP contribution in [0.2, 0.25) is 0 Å². The molecule has 2 aromatic heterocycles. The van der Waals surface area contributed by atoms with Crippen molar-refractivity contribution in [3.63, 3.8) is 0 Å². The summed E-state index contributed by atoms with van der Waals surface area (Å²) in [7, 11) is 0. The molecule has 4 aromatic rings. The number of nitrogens with one attached hydrogen (secondary N) is 2. The van der Waals surface area contributed by atoms with Crippen LogP contribution in [0, 0.1) is 12.7 Å². The number of hydrogen-bond donors (Lipinski definition) is 2. The lowest BCUT2D eigenvalue weighted by Gasteiger charge is -2.03. The van der Waals surface area contributed by atoms with E-state index in [1.54, 1.807) is 0 Å². The van der Waals surface area contributed by atoms with Crippen molar-refractivity contribution in [3.05, 3.63) is 59.4 Å². The Labute approximate surface area is 135 Å². The van der Waals surface area contributed by atoms with Crippen LogP contribution in [0.25, 0.3) is 22.1 Å². The van der Waals surface area contributed by atoms with E-state index in [0.29, 0.717) is 11.2 Å². The highest BCUT2D eigenvalue weighted by atomic mass is 19.1. The second kappa shape index (κ2) is 5.38. The molecule has 2 aromatic carbocycles. The topological polar surface area (TPSA) is 83.6 Å². The molecular formula is C17H12FN5O. The van der Waals surface area contributed by atoms with Crippen LogP contribution in [0.15, 0.2) is 42.5 Å². The molecular weight excluding hydrogens is 309 g/mol. The van der Waals surface area contributed by atoms with E-state index >= 15 is 0 Å². The maximum atomic E-state index is 13.2. The summed E-state index contributed by atoms with van der Waals surface area (Å²) >= 11 is 0. The van der Waals surface area contributed by atoms with E-state index in [0.717, 1.165) is 22.5 Å². The van der Waals surface area contributed by atoms with Crippen molar-refractivity contribution in [3.8, 4) is 0 Å². The van der Waals surface area contributed by atoms with E-state index in [4.69, 9.17) is 0 Å².